The van der Waals surface area contributed by atoms with E-state index in [9.17, 15) is 14.4 Å². The van der Waals surface area contributed by atoms with Gasteiger partial charge in [0.15, 0.2) is 0 Å². The summed E-state index contributed by atoms with van der Waals surface area (Å²) in [7, 11) is 3.18. The van der Waals surface area contributed by atoms with Crippen LogP contribution in [0.2, 0.25) is 0 Å². The van der Waals surface area contributed by atoms with Crippen molar-refractivity contribution in [1.29, 1.82) is 0 Å². The Balaban J connectivity index is 1.66. The van der Waals surface area contributed by atoms with Crippen molar-refractivity contribution < 1.29 is 23.9 Å². The molecule has 0 aromatic heterocycles. The zero-order chi connectivity index (χ0) is 25.2. The number of hydrogen-bond acceptors (Lipinski definition) is 5. The minimum atomic E-state index is -0.691. The van der Waals surface area contributed by atoms with Crippen molar-refractivity contribution in [3.63, 3.8) is 0 Å². The van der Waals surface area contributed by atoms with Crippen LogP contribution >= 0.6 is 0 Å². The molecule has 35 heavy (non-hydrogen) atoms. The van der Waals surface area contributed by atoms with Gasteiger partial charge in [-0.1, -0.05) is 17.7 Å². The molecular weight excluding hydrogens is 446 g/mol. The van der Waals surface area contributed by atoms with Crippen LogP contribution in [0.4, 0.5) is 0 Å². The average molecular weight is 482 g/mol. The molecule has 8 nitrogen and oxygen atoms in total. The van der Waals surface area contributed by atoms with E-state index < -0.39 is 6.04 Å². The summed E-state index contributed by atoms with van der Waals surface area (Å²) in [5.74, 6) is 0.0294. The lowest BCUT2D eigenvalue weighted by atomic mass is 9.88. The van der Waals surface area contributed by atoms with Gasteiger partial charge in [-0.05, 0) is 68.5 Å². The third-order valence-electron chi connectivity index (χ3n) is 6.34. The highest BCUT2D eigenvalue weighted by Gasteiger charge is 2.34. The molecule has 2 aromatic carbocycles. The Kier molecular flexibility index (Phi) is 9.66. The van der Waals surface area contributed by atoms with E-state index in [1.165, 1.54) is 0 Å². The minimum absolute atomic E-state index is 0.00807. The molecule has 1 heterocycles. The van der Waals surface area contributed by atoms with Crippen LogP contribution in [-0.4, -0.2) is 69.1 Å². The normalized spacial score (nSPS) is 14.8. The van der Waals surface area contributed by atoms with Crippen LogP contribution < -0.4 is 15.4 Å². The molecule has 1 aliphatic rings. The lowest BCUT2D eigenvalue weighted by molar-refractivity contribution is -0.124. The Morgan fingerprint density at radius 2 is 1.60 bits per heavy atom. The number of hydrogen-bond donors (Lipinski definition) is 2. The van der Waals surface area contributed by atoms with Crippen molar-refractivity contribution in [1.82, 2.24) is 15.5 Å². The van der Waals surface area contributed by atoms with Crippen molar-refractivity contribution >= 4 is 17.7 Å². The molecule has 0 saturated carbocycles. The van der Waals surface area contributed by atoms with Crippen molar-refractivity contribution in [2.24, 2.45) is 5.92 Å². The molecule has 0 bridgehead atoms. The van der Waals surface area contributed by atoms with Crippen molar-refractivity contribution in [3.8, 4) is 5.75 Å². The second-order valence-electron chi connectivity index (χ2n) is 8.81. The summed E-state index contributed by atoms with van der Waals surface area (Å²) in [6.07, 6.45) is 1.93. The van der Waals surface area contributed by atoms with E-state index in [1.807, 2.05) is 36.1 Å². The second kappa shape index (κ2) is 12.9. The third-order valence-corrected chi connectivity index (χ3v) is 6.34. The third kappa shape index (κ3) is 7.29. The number of amides is 3. The van der Waals surface area contributed by atoms with E-state index in [0.29, 0.717) is 62.4 Å². The van der Waals surface area contributed by atoms with Crippen LogP contribution in [0, 0.1) is 12.8 Å². The second-order valence-corrected chi connectivity index (χ2v) is 8.81. The number of carbonyl (C=O) groups excluding carboxylic acids is 3. The monoisotopic (exact) mass is 481 g/mol. The molecule has 0 unspecified atom stereocenters. The Hall–Kier alpha value is -3.39. The fourth-order valence-electron chi connectivity index (χ4n) is 4.22. The first kappa shape index (κ1) is 26.2. The van der Waals surface area contributed by atoms with Crippen LogP contribution in [-0.2, 0) is 9.53 Å². The van der Waals surface area contributed by atoms with E-state index in [1.54, 1.807) is 38.5 Å². The van der Waals surface area contributed by atoms with E-state index in [4.69, 9.17) is 9.47 Å². The maximum absolute atomic E-state index is 13.1. The molecule has 3 rings (SSSR count). The molecule has 8 heteroatoms. The zero-order valence-corrected chi connectivity index (χ0v) is 20.7. The molecule has 1 aliphatic heterocycles. The maximum atomic E-state index is 13.1. The Bertz CT molecular complexity index is 983. The number of carbonyl (C=O) groups is 3. The minimum Gasteiger partial charge on any atom is -0.497 e. The number of nitrogens with zero attached hydrogens (tertiary/aromatic N) is 1. The lowest BCUT2D eigenvalue weighted by Gasteiger charge is -2.36. The van der Waals surface area contributed by atoms with Gasteiger partial charge in [0.05, 0.1) is 7.11 Å². The molecule has 0 aliphatic carbocycles. The predicted octanol–water partition coefficient (Wildman–Crippen LogP) is 2.81. The van der Waals surface area contributed by atoms with Gasteiger partial charge < -0.3 is 25.0 Å². The van der Waals surface area contributed by atoms with Gasteiger partial charge in [0.2, 0.25) is 5.91 Å². The number of piperidine rings is 1. The number of nitrogens with one attached hydrogen (secondary N) is 2. The predicted molar refractivity (Wildman–Crippen MR) is 134 cm³/mol. The van der Waals surface area contributed by atoms with Crippen LogP contribution in [0.15, 0.2) is 48.5 Å². The smallest absolute Gasteiger partial charge is 0.253 e. The van der Waals surface area contributed by atoms with E-state index in [2.05, 4.69) is 10.6 Å². The standard InChI is InChI=1S/C27H35N3O5/c1-19-5-7-22(8-6-19)27(33)30-16-13-20(14-17-30)24(26(32)28-15-4-18-34-2)29-25(31)21-9-11-23(35-3)12-10-21/h5-12,20,24H,4,13-18H2,1-3H3,(H,28,32)(H,29,31)/t24-/m1/s1. The number of methoxy groups -OCH3 is 2. The first-order valence-electron chi connectivity index (χ1n) is 12.0. The van der Waals surface area contributed by atoms with E-state index in [-0.39, 0.29) is 23.6 Å². The highest BCUT2D eigenvalue weighted by Crippen LogP contribution is 2.23. The molecular formula is C27H35N3O5. The van der Waals surface area contributed by atoms with Gasteiger partial charge in [-0.3, -0.25) is 14.4 Å². The SMILES string of the molecule is COCCCNC(=O)[C@H](NC(=O)c1ccc(OC)cc1)C1CCN(C(=O)c2ccc(C)cc2)CC1. The van der Waals surface area contributed by atoms with Crippen LogP contribution in [0.5, 0.6) is 5.75 Å². The van der Waals surface area contributed by atoms with Gasteiger partial charge in [-0.2, -0.15) is 0 Å². The molecule has 1 atom stereocenters. The summed E-state index contributed by atoms with van der Waals surface area (Å²) in [6, 6.07) is 13.6. The Morgan fingerprint density at radius 3 is 2.20 bits per heavy atom. The largest absolute Gasteiger partial charge is 0.497 e. The van der Waals surface area contributed by atoms with Gasteiger partial charge >= 0.3 is 0 Å². The number of likely N-dealkylation sites (tertiary alicyclic amines) is 1. The molecule has 0 radical (unpaired) electrons. The van der Waals surface area contributed by atoms with Crippen LogP contribution in [0.3, 0.4) is 0 Å². The summed E-state index contributed by atoms with van der Waals surface area (Å²) >= 11 is 0. The molecule has 0 spiro atoms. The van der Waals surface area contributed by atoms with Crippen LogP contribution in [0.1, 0.15) is 45.5 Å². The summed E-state index contributed by atoms with van der Waals surface area (Å²) < 4.78 is 10.2. The van der Waals surface area contributed by atoms with Crippen molar-refractivity contribution in [2.45, 2.75) is 32.2 Å². The van der Waals surface area contributed by atoms with Crippen molar-refractivity contribution in [2.75, 3.05) is 40.5 Å². The molecule has 2 N–H and O–H groups in total. The first-order valence-corrected chi connectivity index (χ1v) is 12.0. The summed E-state index contributed by atoms with van der Waals surface area (Å²) in [5.41, 5.74) is 2.22. The topological polar surface area (TPSA) is 97.0 Å². The zero-order valence-electron chi connectivity index (χ0n) is 20.7. The quantitative estimate of drug-likeness (QED) is 0.509. The Morgan fingerprint density at radius 1 is 0.971 bits per heavy atom. The highest BCUT2D eigenvalue weighted by molar-refractivity contribution is 5.98. The average Bonchev–Trinajstić information content (AvgIpc) is 2.89. The fourth-order valence-corrected chi connectivity index (χ4v) is 4.22. The summed E-state index contributed by atoms with van der Waals surface area (Å²) in [6.45, 7) is 4.06. The molecule has 1 saturated heterocycles. The number of rotatable bonds is 10. The molecule has 188 valence electrons. The van der Waals surface area contributed by atoms with Crippen molar-refractivity contribution in [3.05, 3.63) is 65.2 Å². The van der Waals surface area contributed by atoms with Gasteiger partial charge in [0, 0.05) is 44.5 Å². The van der Waals surface area contributed by atoms with Gasteiger partial charge in [0.1, 0.15) is 11.8 Å². The highest BCUT2D eigenvalue weighted by atomic mass is 16.5. The Labute approximate surface area is 207 Å². The number of ether oxygens (including phenoxy) is 2. The molecule has 2 aromatic rings. The van der Waals surface area contributed by atoms with Crippen LogP contribution in [0.25, 0.3) is 0 Å². The first-order chi connectivity index (χ1) is 16.9. The van der Waals surface area contributed by atoms with Gasteiger partial charge in [-0.25, -0.2) is 0 Å². The molecule has 3 amide bonds. The summed E-state index contributed by atoms with van der Waals surface area (Å²) in [4.78, 5) is 40.7. The maximum Gasteiger partial charge on any atom is 0.253 e. The van der Waals surface area contributed by atoms with E-state index in [0.717, 1.165) is 5.56 Å². The number of benzene rings is 2. The number of aryl methyl sites for hydroxylation is 1. The van der Waals surface area contributed by atoms with Gasteiger partial charge in [-0.15, -0.1) is 0 Å². The van der Waals surface area contributed by atoms with Gasteiger partial charge in [0.25, 0.3) is 11.8 Å². The lowest BCUT2D eigenvalue weighted by Crippen LogP contribution is -2.54. The molecule has 1 fully saturated rings. The van der Waals surface area contributed by atoms with E-state index >= 15 is 0 Å². The summed E-state index contributed by atoms with van der Waals surface area (Å²) in [5, 5.41) is 5.86. The fraction of sp³-hybridized carbons (Fsp3) is 0.444.